The number of aryl methyl sites for hydroxylation is 1. The van der Waals surface area contributed by atoms with Crippen LogP contribution in [-0.2, 0) is 6.54 Å². The summed E-state index contributed by atoms with van der Waals surface area (Å²) in [6, 6.07) is 7.43. The van der Waals surface area contributed by atoms with Gasteiger partial charge in [-0.1, -0.05) is 19.9 Å². The van der Waals surface area contributed by atoms with Gasteiger partial charge in [-0.25, -0.2) is 0 Å². The van der Waals surface area contributed by atoms with Crippen LogP contribution in [0.3, 0.4) is 0 Å². The van der Waals surface area contributed by atoms with Crippen molar-refractivity contribution in [1.29, 1.82) is 0 Å². The van der Waals surface area contributed by atoms with Crippen molar-refractivity contribution in [1.82, 2.24) is 15.2 Å². The first-order valence-electron chi connectivity index (χ1n) is 7.24. The molecule has 0 bridgehead atoms. The third kappa shape index (κ3) is 3.15. The summed E-state index contributed by atoms with van der Waals surface area (Å²) in [5, 5.41) is 3.52. The lowest BCUT2D eigenvalue weighted by Crippen LogP contribution is -2.49. The third-order valence-corrected chi connectivity index (χ3v) is 4.55. The molecule has 0 aliphatic heterocycles. The highest BCUT2D eigenvalue weighted by Gasteiger charge is 2.42. The van der Waals surface area contributed by atoms with Crippen LogP contribution in [0.4, 0.5) is 0 Å². The van der Waals surface area contributed by atoms with Gasteiger partial charge in [0.25, 0.3) is 0 Å². The summed E-state index contributed by atoms with van der Waals surface area (Å²) in [5.74, 6) is 0. The largest absolute Gasteiger partial charge is 0.315 e. The van der Waals surface area contributed by atoms with Crippen molar-refractivity contribution < 1.29 is 0 Å². The normalized spacial score (nSPS) is 26.0. The summed E-state index contributed by atoms with van der Waals surface area (Å²) in [6.07, 6.45) is 2.55. The highest BCUT2D eigenvalue weighted by molar-refractivity contribution is 5.10. The second-order valence-corrected chi connectivity index (χ2v) is 6.55. The van der Waals surface area contributed by atoms with Gasteiger partial charge in [0.1, 0.15) is 0 Å². The van der Waals surface area contributed by atoms with Crippen molar-refractivity contribution in [2.45, 2.75) is 52.2 Å². The van der Waals surface area contributed by atoms with E-state index in [4.69, 9.17) is 0 Å². The van der Waals surface area contributed by atoms with Gasteiger partial charge in [0.2, 0.25) is 0 Å². The lowest BCUT2D eigenvalue weighted by atomic mass is 9.86. The average Bonchev–Trinajstić information content (AvgIpc) is 2.64. The molecular weight excluding hydrogens is 234 g/mol. The molecule has 106 valence electrons. The molecule has 0 aromatic carbocycles. The number of nitrogens with one attached hydrogen (secondary N) is 1. The molecule has 1 fully saturated rings. The van der Waals surface area contributed by atoms with E-state index in [0.29, 0.717) is 17.5 Å². The van der Waals surface area contributed by atoms with Gasteiger partial charge in [-0.05, 0) is 51.4 Å². The van der Waals surface area contributed by atoms with Crippen LogP contribution in [0, 0.1) is 12.3 Å². The quantitative estimate of drug-likeness (QED) is 0.903. The molecule has 3 heteroatoms. The monoisotopic (exact) mass is 261 g/mol. The van der Waals surface area contributed by atoms with Gasteiger partial charge in [-0.2, -0.15) is 0 Å². The van der Waals surface area contributed by atoms with Crippen LogP contribution in [0.15, 0.2) is 18.2 Å². The molecule has 2 rings (SSSR count). The lowest BCUT2D eigenvalue weighted by molar-refractivity contribution is 0.170. The first kappa shape index (κ1) is 14.5. The van der Waals surface area contributed by atoms with Gasteiger partial charge in [-0.3, -0.25) is 9.88 Å². The molecule has 19 heavy (non-hydrogen) atoms. The number of aromatic nitrogens is 1. The minimum absolute atomic E-state index is 0.383. The van der Waals surface area contributed by atoms with Gasteiger partial charge < -0.3 is 5.32 Å². The first-order valence-corrected chi connectivity index (χ1v) is 7.24. The molecule has 1 saturated carbocycles. The molecule has 0 radical (unpaired) electrons. The van der Waals surface area contributed by atoms with Crippen molar-refractivity contribution in [2.75, 3.05) is 14.1 Å². The number of rotatable bonds is 4. The average molecular weight is 261 g/mol. The number of hydrogen-bond acceptors (Lipinski definition) is 3. The number of likely N-dealkylation sites (N-methyl/N-ethyl adjacent to an activating group) is 2. The predicted octanol–water partition coefficient (Wildman–Crippen LogP) is 2.60. The molecular formula is C16H27N3. The summed E-state index contributed by atoms with van der Waals surface area (Å²) in [6.45, 7) is 7.72. The molecule has 0 spiro atoms. The van der Waals surface area contributed by atoms with Crippen molar-refractivity contribution in [2.24, 2.45) is 5.41 Å². The second-order valence-electron chi connectivity index (χ2n) is 6.55. The fourth-order valence-electron chi connectivity index (χ4n) is 3.48. The molecule has 2 atom stereocenters. The van der Waals surface area contributed by atoms with Crippen LogP contribution in [-0.4, -0.2) is 36.1 Å². The summed E-state index contributed by atoms with van der Waals surface area (Å²) in [4.78, 5) is 7.07. The van der Waals surface area contributed by atoms with E-state index in [9.17, 15) is 0 Å². The minimum Gasteiger partial charge on any atom is -0.315 e. The lowest BCUT2D eigenvalue weighted by Gasteiger charge is -2.35. The van der Waals surface area contributed by atoms with Gasteiger partial charge in [0.15, 0.2) is 0 Å². The highest BCUT2D eigenvalue weighted by Crippen LogP contribution is 2.39. The molecule has 0 amide bonds. The van der Waals surface area contributed by atoms with Crippen molar-refractivity contribution in [3.8, 4) is 0 Å². The second kappa shape index (κ2) is 5.59. The van der Waals surface area contributed by atoms with Crippen LogP contribution in [0.2, 0.25) is 0 Å². The molecule has 1 heterocycles. The van der Waals surface area contributed by atoms with Gasteiger partial charge in [-0.15, -0.1) is 0 Å². The van der Waals surface area contributed by atoms with E-state index >= 15 is 0 Å². The van der Waals surface area contributed by atoms with E-state index in [0.717, 1.165) is 12.2 Å². The van der Waals surface area contributed by atoms with Crippen molar-refractivity contribution in [3.05, 3.63) is 29.6 Å². The standard InChI is InChI=1S/C16H27N3/c1-12-7-6-8-13(18-12)11-19(5)14-9-10-16(2,3)15(14)17-4/h6-8,14-15,17H,9-11H2,1-5H3. The summed E-state index contributed by atoms with van der Waals surface area (Å²) >= 11 is 0. The Kier molecular flexibility index (Phi) is 4.26. The SMILES string of the molecule is CNC1C(N(C)Cc2cccc(C)n2)CCC1(C)C. The molecule has 1 aliphatic rings. The van der Waals surface area contributed by atoms with E-state index in [1.165, 1.54) is 18.5 Å². The Hall–Kier alpha value is -0.930. The third-order valence-electron chi connectivity index (χ3n) is 4.55. The Balaban J connectivity index is 2.06. The fraction of sp³-hybridized carbons (Fsp3) is 0.688. The van der Waals surface area contributed by atoms with Gasteiger partial charge in [0, 0.05) is 24.3 Å². The Morgan fingerprint density at radius 3 is 2.79 bits per heavy atom. The van der Waals surface area contributed by atoms with E-state index in [-0.39, 0.29) is 0 Å². The van der Waals surface area contributed by atoms with Crippen LogP contribution < -0.4 is 5.32 Å². The zero-order valence-electron chi connectivity index (χ0n) is 12.9. The zero-order chi connectivity index (χ0) is 14.0. The van der Waals surface area contributed by atoms with Crippen molar-refractivity contribution in [3.63, 3.8) is 0 Å². The fourth-order valence-corrected chi connectivity index (χ4v) is 3.48. The summed E-state index contributed by atoms with van der Waals surface area (Å²) in [7, 11) is 4.31. The molecule has 3 nitrogen and oxygen atoms in total. The Labute approximate surface area is 117 Å². The predicted molar refractivity (Wildman–Crippen MR) is 80.1 cm³/mol. The number of hydrogen-bond donors (Lipinski definition) is 1. The van der Waals surface area contributed by atoms with Gasteiger partial charge in [0.05, 0.1) is 5.69 Å². The first-order chi connectivity index (χ1) is 8.94. The summed E-state index contributed by atoms with van der Waals surface area (Å²) in [5.41, 5.74) is 2.65. The Morgan fingerprint density at radius 2 is 2.16 bits per heavy atom. The molecule has 1 aliphatic carbocycles. The van der Waals surface area contributed by atoms with Crippen LogP contribution in [0.25, 0.3) is 0 Å². The molecule has 0 saturated heterocycles. The van der Waals surface area contributed by atoms with E-state index in [2.05, 4.69) is 68.3 Å². The maximum Gasteiger partial charge on any atom is 0.0547 e. The number of nitrogens with zero attached hydrogens (tertiary/aromatic N) is 2. The molecule has 2 unspecified atom stereocenters. The topological polar surface area (TPSA) is 28.2 Å². The van der Waals surface area contributed by atoms with E-state index < -0.39 is 0 Å². The van der Waals surface area contributed by atoms with Crippen LogP contribution >= 0.6 is 0 Å². The number of pyridine rings is 1. The minimum atomic E-state index is 0.383. The maximum absolute atomic E-state index is 4.61. The zero-order valence-corrected chi connectivity index (χ0v) is 12.9. The van der Waals surface area contributed by atoms with Gasteiger partial charge >= 0.3 is 0 Å². The highest BCUT2D eigenvalue weighted by atomic mass is 15.2. The Bertz CT molecular complexity index is 428. The molecule has 1 aromatic heterocycles. The van der Waals surface area contributed by atoms with Crippen LogP contribution in [0.1, 0.15) is 38.1 Å². The summed E-state index contributed by atoms with van der Waals surface area (Å²) < 4.78 is 0. The van der Waals surface area contributed by atoms with E-state index in [1.54, 1.807) is 0 Å². The maximum atomic E-state index is 4.61. The van der Waals surface area contributed by atoms with Crippen LogP contribution in [0.5, 0.6) is 0 Å². The Morgan fingerprint density at radius 1 is 1.42 bits per heavy atom. The van der Waals surface area contributed by atoms with Crippen molar-refractivity contribution >= 4 is 0 Å². The smallest absolute Gasteiger partial charge is 0.0547 e. The molecule has 1 N–H and O–H groups in total. The molecule has 1 aromatic rings. The van der Waals surface area contributed by atoms with E-state index in [1.807, 2.05) is 0 Å².